The van der Waals surface area contributed by atoms with Gasteiger partial charge in [0, 0.05) is 38.2 Å². The molecule has 0 radical (unpaired) electrons. The van der Waals surface area contributed by atoms with Crippen LogP contribution in [-0.2, 0) is 21.7 Å². The van der Waals surface area contributed by atoms with Gasteiger partial charge in [-0.15, -0.1) is 0 Å². The topological polar surface area (TPSA) is 72.3 Å². The van der Waals surface area contributed by atoms with E-state index in [1.54, 1.807) is 0 Å². The van der Waals surface area contributed by atoms with Gasteiger partial charge in [0.05, 0.1) is 50.6 Å². The van der Waals surface area contributed by atoms with Gasteiger partial charge in [-0.2, -0.15) is 5.26 Å². The Bertz CT molecular complexity index is 4240. The zero-order valence-corrected chi connectivity index (χ0v) is 48.2. The number of hydrogen-bond donors (Lipinski definition) is 0. The highest BCUT2D eigenvalue weighted by molar-refractivity contribution is 6.12. The standard InChI is InChI=1S/C74H68N6/c1-71(2,3)50-31-36-62-57(41-50)58-42-51(72(4,5)6)32-37-63(58)79(62)61-35-30-48(54-27-20-19-26-49(54)45-75)40-56(61)55-28-21-29-66(67(55)70-77-68(46-22-15-13-16-23-46)76-69(78-70)47-24-17-14-18-25-47)80-64-38-33-52(73(7,8)9)43-59(64)60-44-53(74(10,11)12)34-39-65(60)80/h13-44H,1-12H3. The molecule has 0 unspecified atom stereocenters. The third-order valence-corrected chi connectivity index (χ3v) is 16.1. The van der Waals surface area contributed by atoms with E-state index >= 15 is 0 Å². The van der Waals surface area contributed by atoms with Crippen LogP contribution in [0.3, 0.4) is 0 Å². The molecule has 6 nitrogen and oxygen atoms in total. The third-order valence-electron chi connectivity index (χ3n) is 16.1. The van der Waals surface area contributed by atoms with Crippen molar-refractivity contribution < 1.29 is 0 Å². The fraction of sp³-hybridized carbons (Fsp3) is 0.216. The van der Waals surface area contributed by atoms with E-state index < -0.39 is 0 Å². The summed E-state index contributed by atoms with van der Waals surface area (Å²) < 4.78 is 4.89. The molecule has 0 aliphatic heterocycles. The lowest BCUT2D eigenvalue weighted by Crippen LogP contribution is -2.10. The van der Waals surface area contributed by atoms with Crippen LogP contribution in [0.4, 0.5) is 0 Å². The van der Waals surface area contributed by atoms with Crippen LogP contribution in [0, 0.1) is 11.3 Å². The van der Waals surface area contributed by atoms with E-state index in [-0.39, 0.29) is 21.7 Å². The molecule has 0 aliphatic rings. The molecule has 0 spiro atoms. The number of hydrogen-bond acceptors (Lipinski definition) is 4. The highest BCUT2D eigenvalue weighted by atomic mass is 15.1. The Morgan fingerprint density at radius 1 is 0.325 bits per heavy atom. The van der Waals surface area contributed by atoms with E-state index in [2.05, 4.69) is 238 Å². The van der Waals surface area contributed by atoms with E-state index in [0.29, 0.717) is 23.0 Å². The molecule has 12 aromatic rings. The van der Waals surface area contributed by atoms with Crippen LogP contribution >= 0.6 is 0 Å². The minimum absolute atomic E-state index is 0.0717. The van der Waals surface area contributed by atoms with Gasteiger partial charge in [-0.3, -0.25) is 0 Å². The van der Waals surface area contributed by atoms with Crippen LogP contribution < -0.4 is 0 Å². The first-order valence-electron chi connectivity index (χ1n) is 28.0. The highest BCUT2D eigenvalue weighted by Gasteiger charge is 2.29. The van der Waals surface area contributed by atoms with Crippen molar-refractivity contribution in [2.24, 2.45) is 0 Å². The molecule has 0 aliphatic carbocycles. The van der Waals surface area contributed by atoms with Gasteiger partial charge in [-0.05, 0) is 133 Å². The number of rotatable bonds is 7. The lowest BCUT2D eigenvalue weighted by Gasteiger charge is -2.22. The van der Waals surface area contributed by atoms with Gasteiger partial charge in [0.1, 0.15) is 0 Å². The molecule has 3 heterocycles. The number of aromatic nitrogens is 5. The Morgan fingerprint density at radius 3 is 1.14 bits per heavy atom. The monoisotopic (exact) mass is 1040 g/mol. The Morgan fingerprint density at radius 2 is 0.713 bits per heavy atom. The van der Waals surface area contributed by atoms with E-state index in [9.17, 15) is 5.26 Å². The average molecular weight is 1040 g/mol. The van der Waals surface area contributed by atoms with Crippen molar-refractivity contribution in [3.8, 4) is 73.9 Å². The molecule has 80 heavy (non-hydrogen) atoms. The van der Waals surface area contributed by atoms with E-state index in [0.717, 1.165) is 72.4 Å². The highest BCUT2D eigenvalue weighted by Crippen LogP contribution is 2.47. The summed E-state index contributed by atoms with van der Waals surface area (Å²) in [6.07, 6.45) is 0. The minimum Gasteiger partial charge on any atom is -0.309 e. The molecule has 394 valence electrons. The van der Waals surface area contributed by atoms with Crippen molar-refractivity contribution in [1.29, 1.82) is 5.26 Å². The zero-order chi connectivity index (χ0) is 56.0. The molecule has 0 saturated carbocycles. The summed E-state index contributed by atoms with van der Waals surface area (Å²) in [4.78, 5) is 16.4. The van der Waals surface area contributed by atoms with Crippen LogP contribution in [0.25, 0.3) is 111 Å². The Balaban J connectivity index is 1.27. The largest absolute Gasteiger partial charge is 0.309 e. The summed E-state index contributed by atoms with van der Waals surface area (Å²) in [6, 6.07) is 72.3. The second-order valence-corrected chi connectivity index (χ2v) is 25.7. The molecule has 9 aromatic carbocycles. The first kappa shape index (κ1) is 51.8. The van der Waals surface area contributed by atoms with Crippen molar-refractivity contribution in [3.63, 3.8) is 0 Å². The number of benzene rings is 9. The average Bonchev–Trinajstić information content (AvgIpc) is 3.33. The van der Waals surface area contributed by atoms with Gasteiger partial charge >= 0.3 is 0 Å². The first-order valence-corrected chi connectivity index (χ1v) is 28.0. The van der Waals surface area contributed by atoms with Gasteiger partial charge in [0.15, 0.2) is 17.5 Å². The third kappa shape index (κ3) is 9.15. The molecule has 0 N–H and O–H groups in total. The van der Waals surface area contributed by atoms with Gasteiger partial charge in [0.2, 0.25) is 0 Å². The fourth-order valence-corrected chi connectivity index (χ4v) is 11.5. The van der Waals surface area contributed by atoms with Crippen molar-refractivity contribution in [2.45, 2.75) is 105 Å². The Labute approximate surface area is 471 Å². The molecule has 3 aromatic heterocycles. The summed E-state index contributed by atoms with van der Waals surface area (Å²) in [5.41, 5.74) is 18.0. The number of nitriles is 1. The van der Waals surface area contributed by atoms with Gasteiger partial charge < -0.3 is 9.13 Å². The molecule has 0 amide bonds. The van der Waals surface area contributed by atoms with Crippen LogP contribution in [-0.4, -0.2) is 24.1 Å². The maximum atomic E-state index is 10.7. The maximum absolute atomic E-state index is 10.7. The van der Waals surface area contributed by atoms with Gasteiger partial charge in [0.25, 0.3) is 0 Å². The number of fused-ring (bicyclic) bond motifs is 6. The van der Waals surface area contributed by atoms with Crippen LogP contribution in [0.5, 0.6) is 0 Å². The molecule has 0 atom stereocenters. The minimum atomic E-state index is -0.0805. The molecule has 0 saturated heterocycles. The molecule has 12 rings (SSSR count). The quantitative estimate of drug-likeness (QED) is 0.159. The predicted octanol–water partition coefficient (Wildman–Crippen LogP) is 19.5. The lowest BCUT2D eigenvalue weighted by molar-refractivity contribution is 0.590. The molecular formula is C74H68N6. The summed E-state index contributed by atoms with van der Waals surface area (Å²) >= 11 is 0. The summed E-state index contributed by atoms with van der Waals surface area (Å²) in [6.45, 7) is 27.5. The molecule has 0 bridgehead atoms. The molecule has 6 heteroatoms. The van der Waals surface area contributed by atoms with Gasteiger partial charge in [-0.25, -0.2) is 15.0 Å². The smallest absolute Gasteiger partial charge is 0.166 e. The van der Waals surface area contributed by atoms with Crippen molar-refractivity contribution in [2.75, 3.05) is 0 Å². The zero-order valence-electron chi connectivity index (χ0n) is 48.2. The molecule has 0 fully saturated rings. The molecular weight excluding hydrogens is 973 g/mol. The second-order valence-electron chi connectivity index (χ2n) is 25.7. The van der Waals surface area contributed by atoms with E-state index in [1.165, 1.54) is 43.8 Å². The predicted molar refractivity (Wildman–Crippen MR) is 335 cm³/mol. The van der Waals surface area contributed by atoms with Crippen LogP contribution in [0.15, 0.2) is 194 Å². The van der Waals surface area contributed by atoms with E-state index in [4.69, 9.17) is 15.0 Å². The summed E-state index contributed by atoms with van der Waals surface area (Å²) in [7, 11) is 0. The Kier molecular flexibility index (Phi) is 12.4. The van der Waals surface area contributed by atoms with Crippen molar-refractivity contribution >= 4 is 43.6 Å². The summed E-state index contributed by atoms with van der Waals surface area (Å²) in [5.74, 6) is 1.69. The Hall–Kier alpha value is -8.92. The number of nitrogens with zero attached hydrogens (tertiary/aromatic N) is 6. The maximum Gasteiger partial charge on any atom is 0.166 e. The van der Waals surface area contributed by atoms with Crippen molar-refractivity contribution in [1.82, 2.24) is 24.1 Å². The SMILES string of the molecule is CC(C)(C)c1ccc2c(c1)c1cc(C(C)(C)C)ccc1n2-c1ccc(-c2ccccc2C#N)cc1-c1cccc(-n2c3ccc(C(C)(C)C)cc3c3cc(C(C)(C)C)ccc32)c1-c1nc(-c2ccccc2)nc(-c2ccccc2)n1. The van der Waals surface area contributed by atoms with Crippen LogP contribution in [0.2, 0.25) is 0 Å². The first-order chi connectivity index (χ1) is 38.2. The second kappa shape index (κ2) is 19.2. The van der Waals surface area contributed by atoms with Crippen molar-refractivity contribution in [3.05, 3.63) is 222 Å². The van der Waals surface area contributed by atoms with E-state index in [1.807, 2.05) is 54.6 Å². The normalized spacial score (nSPS) is 12.5. The fourth-order valence-electron chi connectivity index (χ4n) is 11.5. The van der Waals surface area contributed by atoms with Gasteiger partial charge in [-0.1, -0.05) is 204 Å². The lowest BCUT2D eigenvalue weighted by atomic mass is 9.85. The summed E-state index contributed by atoms with van der Waals surface area (Å²) in [5, 5.41) is 15.4. The van der Waals surface area contributed by atoms with Crippen LogP contribution in [0.1, 0.15) is 111 Å².